The average molecular weight is 164 g/mol. The van der Waals surface area contributed by atoms with E-state index in [0.717, 1.165) is 31.9 Å². The van der Waals surface area contributed by atoms with Crippen LogP contribution in [0.15, 0.2) is 0 Å². The van der Waals surface area contributed by atoms with Crippen LogP contribution in [-0.4, -0.2) is 25.3 Å². The lowest BCUT2D eigenvalue weighted by atomic mass is 10.3. The van der Waals surface area contributed by atoms with Gasteiger partial charge in [0.15, 0.2) is 0 Å². The molecule has 10 heavy (non-hydrogen) atoms. The van der Waals surface area contributed by atoms with E-state index in [9.17, 15) is 0 Å². The highest BCUT2D eigenvalue weighted by Gasteiger charge is 2.13. The monoisotopic (exact) mass is 163 g/mol. The summed E-state index contributed by atoms with van der Waals surface area (Å²) in [5, 5.41) is 3.28. The third kappa shape index (κ3) is 2.86. The Bertz CT molecular complexity index is 83.7. The molecule has 0 aromatic carbocycles. The highest BCUT2D eigenvalue weighted by Crippen LogP contribution is 2.08. The van der Waals surface area contributed by atoms with Gasteiger partial charge in [-0.15, -0.1) is 11.6 Å². The molecule has 60 valence electrons. The SMILES string of the molecule is ClCCCNC1CCCO1. The summed E-state index contributed by atoms with van der Waals surface area (Å²) in [6.07, 6.45) is 3.69. The minimum absolute atomic E-state index is 0.309. The van der Waals surface area contributed by atoms with Gasteiger partial charge in [0, 0.05) is 12.5 Å². The van der Waals surface area contributed by atoms with Crippen LogP contribution in [0.2, 0.25) is 0 Å². The molecular weight excluding hydrogens is 150 g/mol. The Hall–Kier alpha value is 0.210. The first-order valence-electron chi connectivity index (χ1n) is 3.84. The van der Waals surface area contributed by atoms with Crippen LogP contribution in [-0.2, 0) is 4.74 Å². The van der Waals surface area contributed by atoms with E-state index in [-0.39, 0.29) is 0 Å². The van der Waals surface area contributed by atoms with Gasteiger partial charge in [-0.3, -0.25) is 5.32 Å². The van der Waals surface area contributed by atoms with Crippen molar-refractivity contribution in [1.82, 2.24) is 5.32 Å². The van der Waals surface area contributed by atoms with Crippen LogP contribution in [0.25, 0.3) is 0 Å². The van der Waals surface area contributed by atoms with Gasteiger partial charge < -0.3 is 4.74 Å². The van der Waals surface area contributed by atoms with E-state index in [2.05, 4.69) is 5.32 Å². The lowest BCUT2D eigenvalue weighted by Crippen LogP contribution is -2.28. The third-order valence-electron chi connectivity index (χ3n) is 1.61. The maximum absolute atomic E-state index is 5.51. The van der Waals surface area contributed by atoms with Crippen molar-refractivity contribution in [2.75, 3.05) is 19.0 Å². The highest BCUT2D eigenvalue weighted by atomic mass is 35.5. The zero-order valence-electron chi connectivity index (χ0n) is 6.11. The molecule has 1 saturated heterocycles. The Labute approximate surface area is 66.9 Å². The van der Waals surface area contributed by atoms with E-state index in [1.165, 1.54) is 6.42 Å². The summed E-state index contributed by atoms with van der Waals surface area (Å²) in [6.45, 7) is 1.90. The number of ether oxygens (including phenoxy) is 1. The van der Waals surface area contributed by atoms with Crippen molar-refractivity contribution in [3.8, 4) is 0 Å². The van der Waals surface area contributed by atoms with Crippen molar-refractivity contribution < 1.29 is 4.74 Å². The molecular formula is C7H14ClNO. The molecule has 1 unspecified atom stereocenters. The zero-order valence-corrected chi connectivity index (χ0v) is 6.86. The molecule has 0 aliphatic carbocycles. The molecule has 0 aromatic heterocycles. The molecule has 0 saturated carbocycles. The summed E-state index contributed by atoms with van der Waals surface area (Å²) in [4.78, 5) is 0. The topological polar surface area (TPSA) is 21.3 Å². The van der Waals surface area contributed by atoms with Gasteiger partial charge in [0.2, 0.25) is 0 Å². The van der Waals surface area contributed by atoms with E-state index in [4.69, 9.17) is 16.3 Å². The first kappa shape index (κ1) is 8.31. The minimum atomic E-state index is 0.309. The van der Waals surface area contributed by atoms with Gasteiger partial charge >= 0.3 is 0 Å². The molecule has 0 bridgehead atoms. The number of alkyl halides is 1. The third-order valence-corrected chi connectivity index (χ3v) is 1.88. The molecule has 0 radical (unpaired) electrons. The van der Waals surface area contributed by atoms with Crippen LogP contribution in [0.1, 0.15) is 19.3 Å². The van der Waals surface area contributed by atoms with Crippen LogP contribution < -0.4 is 5.32 Å². The molecule has 1 heterocycles. The summed E-state index contributed by atoms with van der Waals surface area (Å²) >= 11 is 5.51. The summed E-state index contributed by atoms with van der Waals surface area (Å²) < 4.78 is 5.35. The quantitative estimate of drug-likeness (QED) is 0.499. The van der Waals surface area contributed by atoms with Crippen molar-refractivity contribution in [2.24, 2.45) is 0 Å². The first-order chi connectivity index (χ1) is 4.93. The second kappa shape index (κ2) is 4.94. The van der Waals surface area contributed by atoms with Crippen molar-refractivity contribution in [3.63, 3.8) is 0 Å². The summed E-state index contributed by atoms with van der Waals surface area (Å²) in [6, 6.07) is 0. The Morgan fingerprint density at radius 1 is 1.60 bits per heavy atom. The Morgan fingerprint density at radius 3 is 3.10 bits per heavy atom. The van der Waals surface area contributed by atoms with E-state index in [0.29, 0.717) is 6.23 Å². The first-order valence-corrected chi connectivity index (χ1v) is 4.38. The smallest absolute Gasteiger partial charge is 0.108 e. The van der Waals surface area contributed by atoms with Crippen LogP contribution in [0.5, 0.6) is 0 Å². The predicted molar refractivity (Wildman–Crippen MR) is 42.3 cm³/mol. The number of rotatable bonds is 4. The maximum Gasteiger partial charge on any atom is 0.108 e. The fourth-order valence-electron chi connectivity index (χ4n) is 1.07. The minimum Gasteiger partial charge on any atom is -0.363 e. The predicted octanol–water partition coefficient (Wildman–Crippen LogP) is 1.34. The van der Waals surface area contributed by atoms with Gasteiger partial charge in [0.1, 0.15) is 6.23 Å². The molecule has 0 aromatic rings. The standard InChI is InChI=1S/C7H14ClNO/c8-4-2-5-9-7-3-1-6-10-7/h7,9H,1-6H2. The second-order valence-corrected chi connectivity index (χ2v) is 2.88. The van der Waals surface area contributed by atoms with Crippen molar-refractivity contribution in [1.29, 1.82) is 0 Å². The zero-order chi connectivity index (χ0) is 7.23. The summed E-state index contributed by atoms with van der Waals surface area (Å²) in [5.74, 6) is 0.736. The molecule has 1 N–H and O–H groups in total. The number of nitrogens with one attached hydrogen (secondary N) is 1. The van der Waals surface area contributed by atoms with Crippen LogP contribution >= 0.6 is 11.6 Å². The van der Waals surface area contributed by atoms with Crippen LogP contribution in [0.3, 0.4) is 0 Å². The normalized spacial score (nSPS) is 25.5. The Kier molecular flexibility index (Phi) is 4.10. The molecule has 1 atom stereocenters. The van der Waals surface area contributed by atoms with Crippen molar-refractivity contribution in [3.05, 3.63) is 0 Å². The molecule has 1 aliphatic heterocycles. The van der Waals surface area contributed by atoms with E-state index >= 15 is 0 Å². The molecule has 1 aliphatic rings. The lowest BCUT2D eigenvalue weighted by molar-refractivity contribution is 0.0846. The fraction of sp³-hybridized carbons (Fsp3) is 1.00. The van der Waals surface area contributed by atoms with Crippen LogP contribution in [0.4, 0.5) is 0 Å². The molecule has 1 fully saturated rings. The number of hydrogen-bond acceptors (Lipinski definition) is 2. The highest BCUT2D eigenvalue weighted by molar-refractivity contribution is 6.17. The largest absolute Gasteiger partial charge is 0.363 e. The van der Waals surface area contributed by atoms with Gasteiger partial charge in [0.25, 0.3) is 0 Å². The maximum atomic E-state index is 5.51. The van der Waals surface area contributed by atoms with E-state index in [1.54, 1.807) is 0 Å². The van der Waals surface area contributed by atoms with E-state index < -0.39 is 0 Å². The molecule has 0 amide bonds. The second-order valence-electron chi connectivity index (χ2n) is 2.50. The van der Waals surface area contributed by atoms with Crippen LogP contribution in [0, 0.1) is 0 Å². The molecule has 1 rings (SSSR count). The van der Waals surface area contributed by atoms with Crippen molar-refractivity contribution >= 4 is 11.6 Å². The van der Waals surface area contributed by atoms with Gasteiger partial charge in [-0.2, -0.15) is 0 Å². The lowest BCUT2D eigenvalue weighted by Gasteiger charge is -2.09. The van der Waals surface area contributed by atoms with Gasteiger partial charge in [0.05, 0.1) is 0 Å². The van der Waals surface area contributed by atoms with Gasteiger partial charge in [-0.05, 0) is 25.8 Å². The molecule has 2 nitrogen and oxygen atoms in total. The Balaban J connectivity index is 1.91. The summed E-state index contributed by atoms with van der Waals surface area (Å²) in [7, 11) is 0. The summed E-state index contributed by atoms with van der Waals surface area (Å²) in [5.41, 5.74) is 0. The Morgan fingerprint density at radius 2 is 2.50 bits per heavy atom. The number of halogens is 1. The molecule has 3 heteroatoms. The van der Waals surface area contributed by atoms with Gasteiger partial charge in [-0.1, -0.05) is 0 Å². The van der Waals surface area contributed by atoms with Crippen molar-refractivity contribution in [2.45, 2.75) is 25.5 Å². The van der Waals surface area contributed by atoms with Gasteiger partial charge in [-0.25, -0.2) is 0 Å². The molecule has 0 spiro atoms. The fourth-order valence-corrected chi connectivity index (χ4v) is 1.20. The average Bonchev–Trinajstić information content (AvgIpc) is 2.41. The van der Waals surface area contributed by atoms with E-state index in [1.807, 2.05) is 0 Å². The number of hydrogen-bond donors (Lipinski definition) is 1.